The maximum absolute atomic E-state index is 11.5. The smallest absolute Gasteiger partial charge is 0.304 e. The minimum atomic E-state index is -3.40. The van der Waals surface area contributed by atoms with Gasteiger partial charge in [-0.15, -0.1) is 0 Å². The molecule has 0 aliphatic rings. The van der Waals surface area contributed by atoms with E-state index in [0.29, 0.717) is 12.5 Å². The van der Waals surface area contributed by atoms with E-state index >= 15 is 0 Å². The summed E-state index contributed by atoms with van der Waals surface area (Å²) in [6.45, 7) is 4.47. The van der Waals surface area contributed by atoms with Gasteiger partial charge in [-0.05, 0) is 12.3 Å². The highest BCUT2D eigenvalue weighted by molar-refractivity contribution is 7.89. The molecule has 0 bridgehead atoms. The average Bonchev–Trinajstić information content (AvgIpc) is 2.11. The highest BCUT2D eigenvalue weighted by atomic mass is 32.2. The first-order chi connectivity index (χ1) is 6.75. The van der Waals surface area contributed by atoms with Crippen LogP contribution in [-0.4, -0.2) is 43.1 Å². The zero-order chi connectivity index (χ0) is 12.1. The maximum atomic E-state index is 11.5. The second-order valence-corrected chi connectivity index (χ2v) is 6.16. The zero-order valence-electron chi connectivity index (χ0n) is 9.43. The summed E-state index contributed by atoms with van der Waals surface area (Å²) in [7, 11) is -1.91. The van der Waals surface area contributed by atoms with E-state index in [-0.39, 0.29) is 12.2 Å². The quantitative estimate of drug-likeness (QED) is 0.709. The van der Waals surface area contributed by atoms with Crippen LogP contribution in [0.3, 0.4) is 0 Å². The predicted octanol–water partition coefficient (Wildman–Crippen LogP) is 0.769. The molecule has 15 heavy (non-hydrogen) atoms. The Balaban J connectivity index is 4.14. The standard InChI is InChI=1S/C9H19NO4S/c1-8(2)4-6-10(3)15(13,14)7-5-9(11)12/h8H,4-7H2,1-3H3,(H,11,12). The first-order valence-corrected chi connectivity index (χ1v) is 6.52. The van der Waals surface area contributed by atoms with Crippen LogP contribution in [0.25, 0.3) is 0 Å². The molecule has 0 amide bonds. The summed E-state index contributed by atoms with van der Waals surface area (Å²) in [6.07, 6.45) is 0.442. The molecule has 0 radical (unpaired) electrons. The Morgan fingerprint density at radius 3 is 2.33 bits per heavy atom. The zero-order valence-corrected chi connectivity index (χ0v) is 10.2. The van der Waals surface area contributed by atoms with Crippen LogP contribution >= 0.6 is 0 Å². The Morgan fingerprint density at radius 1 is 1.40 bits per heavy atom. The topological polar surface area (TPSA) is 74.7 Å². The van der Waals surface area contributed by atoms with E-state index in [1.807, 2.05) is 13.8 Å². The van der Waals surface area contributed by atoms with E-state index in [0.717, 1.165) is 6.42 Å². The summed E-state index contributed by atoms with van der Waals surface area (Å²) in [5.74, 6) is -0.977. The first kappa shape index (κ1) is 14.4. The van der Waals surface area contributed by atoms with Crippen molar-refractivity contribution in [1.82, 2.24) is 4.31 Å². The summed E-state index contributed by atoms with van der Waals surface area (Å²) in [5, 5.41) is 8.39. The number of carboxylic acids is 1. The monoisotopic (exact) mass is 237 g/mol. The summed E-state index contributed by atoms with van der Waals surface area (Å²) in [6, 6.07) is 0. The van der Waals surface area contributed by atoms with Gasteiger partial charge in [0.2, 0.25) is 10.0 Å². The van der Waals surface area contributed by atoms with E-state index in [9.17, 15) is 13.2 Å². The third-order valence-corrected chi connectivity index (χ3v) is 3.92. The molecule has 0 aromatic carbocycles. The van der Waals surface area contributed by atoms with Crippen molar-refractivity contribution in [3.05, 3.63) is 0 Å². The number of nitrogens with zero attached hydrogens (tertiary/aromatic N) is 1. The Hall–Kier alpha value is -0.620. The molecule has 0 saturated carbocycles. The minimum absolute atomic E-state index is 0.322. The molecule has 5 nitrogen and oxygen atoms in total. The second-order valence-electron chi connectivity index (χ2n) is 3.96. The van der Waals surface area contributed by atoms with Crippen LogP contribution in [0.2, 0.25) is 0 Å². The van der Waals surface area contributed by atoms with Gasteiger partial charge in [0.05, 0.1) is 12.2 Å². The number of aliphatic carboxylic acids is 1. The van der Waals surface area contributed by atoms with Crippen LogP contribution in [0, 0.1) is 5.92 Å². The number of hydrogen-bond acceptors (Lipinski definition) is 3. The van der Waals surface area contributed by atoms with Gasteiger partial charge in [0.25, 0.3) is 0 Å². The molecule has 0 aromatic heterocycles. The molecule has 1 N–H and O–H groups in total. The molecule has 0 rings (SSSR count). The summed E-state index contributed by atoms with van der Waals surface area (Å²) in [5.41, 5.74) is 0. The lowest BCUT2D eigenvalue weighted by Gasteiger charge is -2.17. The van der Waals surface area contributed by atoms with Gasteiger partial charge in [-0.1, -0.05) is 13.8 Å². The van der Waals surface area contributed by atoms with Crippen LogP contribution in [0.4, 0.5) is 0 Å². The van der Waals surface area contributed by atoms with Crippen molar-refractivity contribution in [1.29, 1.82) is 0 Å². The molecular formula is C9H19NO4S. The molecule has 0 unspecified atom stereocenters. The molecule has 0 aromatic rings. The lowest BCUT2D eigenvalue weighted by molar-refractivity contribution is -0.136. The Morgan fingerprint density at radius 2 is 1.93 bits per heavy atom. The first-order valence-electron chi connectivity index (χ1n) is 4.91. The van der Waals surface area contributed by atoms with E-state index < -0.39 is 16.0 Å². The number of carbonyl (C=O) groups is 1. The Bertz CT molecular complexity index is 297. The molecule has 0 spiro atoms. The summed E-state index contributed by atoms with van der Waals surface area (Å²) in [4.78, 5) is 10.3. The average molecular weight is 237 g/mol. The van der Waals surface area contributed by atoms with Crippen molar-refractivity contribution in [2.75, 3.05) is 19.3 Å². The van der Waals surface area contributed by atoms with Gasteiger partial charge in [-0.3, -0.25) is 4.79 Å². The van der Waals surface area contributed by atoms with Crippen LogP contribution < -0.4 is 0 Å². The fourth-order valence-corrected chi connectivity index (χ4v) is 2.08. The van der Waals surface area contributed by atoms with E-state index in [4.69, 9.17) is 5.11 Å². The number of carboxylic acid groups (broad SMARTS) is 1. The molecule has 0 saturated heterocycles. The number of rotatable bonds is 7. The lowest BCUT2D eigenvalue weighted by Crippen LogP contribution is -2.31. The van der Waals surface area contributed by atoms with Crippen LogP contribution in [0.1, 0.15) is 26.7 Å². The van der Waals surface area contributed by atoms with Crippen LogP contribution in [-0.2, 0) is 14.8 Å². The highest BCUT2D eigenvalue weighted by Crippen LogP contribution is 2.06. The van der Waals surface area contributed by atoms with Crippen molar-refractivity contribution >= 4 is 16.0 Å². The van der Waals surface area contributed by atoms with E-state index in [1.54, 1.807) is 0 Å². The van der Waals surface area contributed by atoms with Gasteiger partial charge >= 0.3 is 5.97 Å². The van der Waals surface area contributed by atoms with E-state index in [2.05, 4.69) is 0 Å². The molecule has 0 aliphatic heterocycles. The SMILES string of the molecule is CC(C)CCN(C)S(=O)(=O)CCC(=O)O. The minimum Gasteiger partial charge on any atom is -0.481 e. The number of sulfonamides is 1. The summed E-state index contributed by atoms with van der Waals surface area (Å²) >= 11 is 0. The normalized spacial score (nSPS) is 12.3. The Labute approximate surface area is 91.1 Å². The number of hydrogen-bond donors (Lipinski definition) is 1. The van der Waals surface area contributed by atoms with Crippen molar-refractivity contribution in [2.45, 2.75) is 26.7 Å². The van der Waals surface area contributed by atoms with Crippen LogP contribution in [0.15, 0.2) is 0 Å². The van der Waals surface area contributed by atoms with Crippen molar-refractivity contribution in [3.63, 3.8) is 0 Å². The highest BCUT2D eigenvalue weighted by Gasteiger charge is 2.18. The summed E-state index contributed by atoms with van der Waals surface area (Å²) < 4.78 is 24.3. The van der Waals surface area contributed by atoms with Gasteiger partial charge < -0.3 is 5.11 Å². The van der Waals surface area contributed by atoms with Gasteiger partial charge in [-0.25, -0.2) is 12.7 Å². The lowest BCUT2D eigenvalue weighted by atomic mass is 10.1. The largest absolute Gasteiger partial charge is 0.481 e. The fraction of sp³-hybridized carbons (Fsp3) is 0.889. The third-order valence-electron chi connectivity index (χ3n) is 2.07. The van der Waals surface area contributed by atoms with Gasteiger partial charge in [-0.2, -0.15) is 0 Å². The molecule has 0 atom stereocenters. The van der Waals surface area contributed by atoms with Crippen molar-refractivity contribution in [2.24, 2.45) is 5.92 Å². The molecule has 0 aliphatic carbocycles. The van der Waals surface area contributed by atoms with Gasteiger partial charge in [0.1, 0.15) is 0 Å². The molecule has 6 heteroatoms. The maximum Gasteiger partial charge on any atom is 0.304 e. The van der Waals surface area contributed by atoms with Gasteiger partial charge in [0.15, 0.2) is 0 Å². The predicted molar refractivity (Wildman–Crippen MR) is 58.1 cm³/mol. The van der Waals surface area contributed by atoms with Crippen LogP contribution in [0.5, 0.6) is 0 Å². The van der Waals surface area contributed by atoms with E-state index in [1.165, 1.54) is 11.4 Å². The molecule has 90 valence electrons. The third kappa shape index (κ3) is 6.46. The molecule has 0 fully saturated rings. The second kappa shape index (κ2) is 6.07. The van der Waals surface area contributed by atoms with Crippen molar-refractivity contribution < 1.29 is 18.3 Å². The molecule has 0 heterocycles. The van der Waals surface area contributed by atoms with Gasteiger partial charge in [0, 0.05) is 13.6 Å². The fourth-order valence-electron chi connectivity index (χ4n) is 0.951. The molecular weight excluding hydrogens is 218 g/mol. The van der Waals surface area contributed by atoms with Crippen molar-refractivity contribution in [3.8, 4) is 0 Å². The Kier molecular flexibility index (Phi) is 5.82.